The van der Waals surface area contributed by atoms with Gasteiger partial charge in [-0.1, -0.05) is 42.5 Å². The number of aliphatic imine (C=N–C) groups is 1. The van der Waals surface area contributed by atoms with Crippen LogP contribution >= 0.6 is 0 Å². The van der Waals surface area contributed by atoms with Crippen LogP contribution in [-0.4, -0.2) is 40.7 Å². The highest BCUT2D eigenvalue weighted by Gasteiger charge is 2.19. The van der Waals surface area contributed by atoms with E-state index in [0.717, 1.165) is 17.8 Å². The number of rotatable bonds is 6. The Balaban J connectivity index is 1.89. The smallest absolute Gasteiger partial charge is 0.248 e. The summed E-state index contributed by atoms with van der Waals surface area (Å²) < 4.78 is 0. The quantitative estimate of drug-likeness (QED) is 0.414. The summed E-state index contributed by atoms with van der Waals surface area (Å²) in [5.74, 6) is -0.535. The van der Waals surface area contributed by atoms with E-state index in [4.69, 9.17) is 10.7 Å². The molecule has 0 atom stereocenters. The van der Waals surface area contributed by atoms with Gasteiger partial charge in [-0.15, -0.1) is 0 Å². The highest BCUT2D eigenvalue weighted by molar-refractivity contribution is 6.22. The lowest BCUT2D eigenvalue weighted by atomic mass is 9.99. The van der Waals surface area contributed by atoms with Crippen molar-refractivity contribution in [3.63, 3.8) is 0 Å². The lowest BCUT2D eigenvalue weighted by Gasteiger charge is -2.10. The molecular formula is C25H24N4O2. The maximum absolute atomic E-state index is 11.7. The Kier molecular flexibility index (Phi) is 5.56. The van der Waals surface area contributed by atoms with Crippen molar-refractivity contribution < 1.29 is 9.90 Å². The maximum atomic E-state index is 11.7. The molecule has 31 heavy (non-hydrogen) atoms. The van der Waals surface area contributed by atoms with Gasteiger partial charge >= 0.3 is 0 Å². The Morgan fingerprint density at radius 3 is 2.35 bits per heavy atom. The van der Waals surface area contributed by atoms with E-state index in [2.05, 4.69) is 9.88 Å². The summed E-state index contributed by atoms with van der Waals surface area (Å²) in [7, 11) is 4.05. The van der Waals surface area contributed by atoms with Crippen LogP contribution in [0.2, 0.25) is 0 Å². The number of nitrogens with two attached hydrogens (primary N) is 1. The minimum Gasteiger partial charge on any atom is -0.494 e. The number of carbonyl (C=O) groups is 1. The van der Waals surface area contributed by atoms with E-state index in [1.807, 2.05) is 68.7 Å². The summed E-state index contributed by atoms with van der Waals surface area (Å²) in [6, 6.07) is 22.7. The first kappa shape index (κ1) is 20.4. The Hall–Kier alpha value is -3.90. The van der Waals surface area contributed by atoms with E-state index in [9.17, 15) is 9.90 Å². The van der Waals surface area contributed by atoms with E-state index < -0.39 is 5.91 Å². The third-order valence-electron chi connectivity index (χ3n) is 5.02. The van der Waals surface area contributed by atoms with Crippen molar-refractivity contribution in [2.75, 3.05) is 14.1 Å². The lowest BCUT2D eigenvalue weighted by Crippen LogP contribution is -2.10. The minimum atomic E-state index is -0.525. The number of nitrogens with one attached hydrogen (secondary N) is 1. The van der Waals surface area contributed by atoms with Gasteiger partial charge in [-0.2, -0.15) is 0 Å². The van der Waals surface area contributed by atoms with E-state index in [-0.39, 0.29) is 5.88 Å². The molecular weight excluding hydrogens is 388 g/mol. The van der Waals surface area contributed by atoms with Crippen molar-refractivity contribution in [3.05, 3.63) is 95.1 Å². The van der Waals surface area contributed by atoms with Gasteiger partial charge in [-0.3, -0.25) is 4.79 Å². The van der Waals surface area contributed by atoms with Gasteiger partial charge < -0.3 is 20.7 Å². The van der Waals surface area contributed by atoms with Crippen LogP contribution in [-0.2, 0) is 6.54 Å². The molecule has 0 radical (unpaired) electrons. The normalized spacial score (nSPS) is 11.9. The third-order valence-corrected chi connectivity index (χ3v) is 5.02. The standard InChI is InChI=1S/C25H24N4O2/c1-29(2)15-16-8-11-19(12-9-16)27-23(17-6-4-3-5-7-17)22-20-14-18(24(26)30)10-13-21(20)28-25(22)31/h3-14,28,31H,15H2,1-2H3,(H2,26,30). The van der Waals surface area contributed by atoms with Crippen molar-refractivity contribution in [2.24, 2.45) is 10.7 Å². The zero-order valence-electron chi connectivity index (χ0n) is 17.5. The number of aromatic amines is 1. The van der Waals surface area contributed by atoms with Crippen LogP contribution in [0.1, 0.15) is 27.0 Å². The number of aromatic hydroxyl groups is 1. The van der Waals surface area contributed by atoms with Crippen LogP contribution < -0.4 is 5.73 Å². The van der Waals surface area contributed by atoms with Crippen LogP contribution in [0.4, 0.5) is 5.69 Å². The van der Waals surface area contributed by atoms with Gasteiger partial charge in [0.25, 0.3) is 0 Å². The second kappa shape index (κ2) is 8.45. The van der Waals surface area contributed by atoms with Gasteiger partial charge in [0, 0.05) is 28.6 Å². The maximum Gasteiger partial charge on any atom is 0.248 e. The average Bonchev–Trinajstić information content (AvgIpc) is 3.08. The molecule has 0 saturated heterocycles. The number of fused-ring (bicyclic) bond motifs is 1. The largest absolute Gasteiger partial charge is 0.494 e. The van der Waals surface area contributed by atoms with Crippen LogP contribution in [0.5, 0.6) is 5.88 Å². The predicted octanol–water partition coefficient (Wildman–Crippen LogP) is 4.20. The molecule has 0 saturated carbocycles. The second-order valence-corrected chi connectivity index (χ2v) is 7.70. The Labute approximate surface area is 180 Å². The summed E-state index contributed by atoms with van der Waals surface area (Å²) in [5, 5.41) is 11.4. The highest BCUT2D eigenvalue weighted by Crippen LogP contribution is 2.32. The lowest BCUT2D eigenvalue weighted by molar-refractivity contribution is 0.100. The fourth-order valence-corrected chi connectivity index (χ4v) is 3.60. The molecule has 6 nitrogen and oxygen atoms in total. The Morgan fingerprint density at radius 1 is 1.00 bits per heavy atom. The van der Waals surface area contributed by atoms with Crippen molar-refractivity contribution in [1.29, 1.82) is 0 Å². The average molecular weight is 412 g/mol. The SMILES string of the molecule is CN(C)Cc1ccc(N=C(c2ccccc2)c2c(O)[nH]c3ccc(C(N)=O)cc23)cc1. The first-order valence-corrected chi connectivity index (χ1v) is 9.95. The molecule has 1 aromatic heterocycles. The molecule has 1 amide bonds. The first-order valence-electron chi connectivity index (χ1n) is 9.95. The van der Waals surface area contributed by atoms with Gasteiger partial charge in [-0.05, 0) is 50.0 Å². The fraction of sp³-hybridized carbons (Fsp3) is 0.120. The van der Waals surface area contributed by atoms with Gasteiger partial charge in [0.15, 0.2) is 5.88 Å². The Bertz CT molecular complexity index is 1260. The number of nitrogens with zero attached hydrogens (tertiary/aromatic N) is 2. The number of primary amides is 1. The number of hydrogen-bond acceptors (Lipinski definition) is 4. The van der Waals surface area contributed by atoms with Crippen molar-refractivity contribution in [2.45, 2.75) is 6.54 Å². The number of hydrogen-bond donors (Lipinski definition) is 3. The molecule has 156 valence electrons. The van der Waals surface area contributed by atoms with E-state index >= 15 is 0 Å². The Morgan fingerprint density at radius 2 is 1.71 bits per heavy atom. The number of H-pyrrole nitrogens is 1. The number of carbonyl (C=O) groups excluding carboxylic acids is 1. The molecule has 1 heterocycles. The molecule has 0 aliphatic carbocycles. The minimum absolute atomic E-state index is 0.0107. The molecule has 0 aliphatic rings. The monoisotopic (exact) mass is 412 g/mol. The fourth-order valence-electron chi connectivity index (χ4n) is 3.60. The molecule has 0 spiro atoms. The zero-order valence-corrected chi connectivity index (χ0v) is 17.5. The first-order chi connectivity index (χ1) is 14.9. The van der Waals surface area contributed by atoms with Crippen molar-refractivity contribution in [3.8, 4) is 5.88 Å². The summed E-state index contributed by atoms with van der Waals surface area (Å²) in [6.45, 7) is 0.842. The van der Waals surface area contributed by atoms with E-state index in [0.29, 0.717) is 27.7 Å². The highest BCUT2D eigenvalue weighted by atomic mass is 16.3. The molecule has 4 rings (SSSR count). The molecule has 4 aromatic rings. The van der Waals surface area contributed by atoms with Gasteiger partial charge in [0.05, 0.1) is 17.0 Å². The number of amides is 1. The van der Waals surface area contributed by atoms with Crippen LogP contribution in [0, 0.1) is 0 Å². The van der Waals surface area contributed by atoms with E-state index in [1.165, 1.54) is 5.56 Å². The molecule has 0 aliphatic heterocycles. The summed E-state index contributed by atoms with van der Waals surface area (Å²) >= 11 is 0. The summed E-state index contributed by atoms with van der Waals surface area (Å²) in [6.07, 6.45) is 0. The van der Waals surface area contributed by atoms with Crippen molar-refractivity contribution in [1.82, 2.24) is 9.88 Å². The third kappa shape index (κ3) is 4.34. The molecule has 6 heteroatoms. The number of aromatic nitrogens is 1. The molecule has 0 fully saturated rings. The molecule has 4 N–H and O–H groups in total. The summed E-state index contributed by atoms with van der Waals surface area (Å²) in [5.41, 5.74) is 10.5. The van der Waals surface area contributed by atoms with E-state index in [1.54, 1.807) is 18.2 Å². The second-order valence-electron chi connectivity index (χ2n) is 7.70. The van der Waals surface area contributed by atoms with Crippen molar-refractivity contribution >= 4 is 28.2 Å². The van der Waals surface area contributed by atoms with Gasteiger partial charge in [0.2, 0.25) is 5.91 Å². The van der Waals surface area contributed by atoms with Crippen LogP contribution in [0.25, 0.3) is 10.9 Å². The van der Waals surface area contributed by atoms with Gasteiger partial charge in [-0.25, -0.2) is 4.99 Å². The summed E-state index contributed by atoms with van der Waals surface area (Å²) in [4.78, 5) is 21.7. The zero-order chi connectivity index (χ0) is 22.0. The van der Waals surface area contributed by atoms with Crippen LogP contribution in [0.15, 0.2) is 77.8 Å². The van der Waals surface area contributed by atoms with Crippen LogP contribution in [0.3, 0.4) is 0 Å². The molecule has 3 aromatic carbocycles. The molecule has 0 bridgehead atoms. The molecule has 0 unspecified atom stereocenters. The number of benzene rings is 3. The van der Waals surface area contributed by atoms with Gasteiger partial charge in [0.1, 0.15) is 0 Å². The predicted molar refractivity (Wildman–Crippen MR) is 124 cm³/mol. The topological polar surface area (TPSA) is 94.7 Å².